The third kappa shape index (κ3) is 4.58. The molecule has 0 fully saturated rings. The summed E-state index contributed by atoms with van der Waals surface area (Å²) in [4.78, 5) is 18.0. The molecule has 10 heavy (non-hydrogen) atoms. The Labute approximate surface area is 56.9 Å². The Morgan fingerprint density at radius 3 is 3.00 bits per heavy atom. The minimum atomic E-state index is -0.757. The van der Waals surface area contributed by atoms with Gasteiger partial charge in [0, 0.05) is 6.08 Å². The van der Waals surface area contributed by atoms with E-state index in [9.17, 15) is 4.79 Å². The van der Waals surface area contributed by atoms with Gasteiger partial charge in [0.1, 0.15) is 0 Å². The van der Waals surface area contributed by atoms with Crippen molar-refractivity contribution in [3.8, 4) is 6.19 Å². The number of nitriles is 1. The zero-order valence-corrected chi connectivity index (χ0v) is 4.96. The van der Waals surface area contributed by atoms with Crippen molar-refractivity contribution in [3.63, 3.8) is 0 Å². The Bertz CT molecular complexity index is 162. The van der Waals surface area contributed by atoms with Crippen molar-refractivity contribution in [1.29, 1.82) is 5.26 Å². The van der Waals surface area contributed by atoms with E-state index in [2.05, 4.69) is 16.5 Å². The van der Waals surface area contributed by atoms with Crippen LogP contribution < -0.4 is 11.0 Å². The summed E-state index contributed by atoms with van der Waals surface area (Å²) in [6, 6.07) is 0. The van der Waals surface area contributed by atoms with Crippen molar-refractivity contribution in [1.82, 2.24) is 11.0 Å². The van der Waals surface area contributed by atoms with E-state index in [0.29, 0.717) is 0 Å². The molecule has 0 aliphatic rings. The summed E-state index contributed by atoms with van der Waals surface area (Å²) in [5.41, 5.74) is 3.65. The van der Waals surface area contributed by atoms with Gasteiger partial charge in [-0.2, -0.15) is 5.26 Å². The van der Waals surface area contributed by atoms with Crippen LogP contribution in [0.25, 0.3) is 0 Å². The first-order chi connectivity index (χ1) is 4.81. The van der Waals surface area contributed by atoms with E-state index in [4.69, 9.17) is 5.26 Å². The second-order valence-corrected chi connectivity index (χ2v) is 1.03. The van der Waals surface area contributed by atoms with Crippen molar-refractivity contribution >= 4 is 5.97 Å². The first kappa shape index (κ1) is 8.42. The predicted octanol–water partition coefficient (Wildman–Crippen LogP) is -0.863. The molecule has 0 aliphatic heterocycles. The minimum Gasteiger partial charge on any atom is -0.274 e. The maximum Gasteiger partial charge on any atom is 0.367 e. The average molecular weight is 143 g/mol. The Balaban J connectivity index is 3.13. The van der Waals surface area contributed by atoms with Crippen LogP contribution >= 0.6 is 0 Å². The van der Waals surface area contributed by atoms with E-state index < -0.39 is 5.97 Å². The van der Waals surface area contributed by atoms with Crippen LogP contribution in [-0.4, -0.2) is 5.97 Å². The van der Waals surface area contributed by atoms with Gasteiger partial charge in [-0.25, -0.2) is 10.2 Å². The highest BCUT2D eigenvalue weighted by Crippen LogP contribution is 1.75. The van der Waals surface area contributed by atoms with Crippen LogP contribution in [0, 0.1) is 11.5 Å². The van der Waals surface area contributed by atoms with Gasteiger partial charge in [0.25, 0.3) is 0 Å². The standard InChI is InChI=1S/C4H5N3O3/c1-2-4(8)9-10-7-6-3-5/h2,6-7H,1H2. The number of nitrogens with zero attached hydrogens (tertiary/aromatic N) is 1. The number of carbonyl (C=O) groups is 1. The molecule has 6 heteroatoms. The summed E-state index contributed by atoms with van der Waals surface area (Å²) in [5.74, 6) is -0.757. The van der Waals surface area contributed by atoms with E-state index in [1.807, 2.05) is 5.43 Å². The fraction of sp³-hybridized carbons (Fsp3) is 0. The summed E-state index contributed by atoms with van der Waals surface area (Å²) < 4.78 is 0. The summed E-state index contributed by atoms with van der Waals surface area (Å²) >= 11 is 0. The third-order valence-corrected chi connectivity index (χ3v) is 0.439. The molecule has 0 amide bonds. The molecule has 0 unspecified atom stereocenters. The number of nitrogens with one attached hydrogen (secondary N) is 2. The number of rotatable bonds is 4. The highest BCUT2D eigenvalue weighted by Gasteiger charge is 1.93. The molecule has 0 radical (unpaired) electrons. The molecule has 0 rings (SSSR count). The van der Waals surface area contributed by atoms with Crippen molar-refractivity contribution in [2.24, 2.45) is 0 Å². The number of carbonyl (C=O) groups excluding carboxylic acids is 1. The van der Waals surface area contributed by atoms with E-state index in [1.165, 1.54) is 6.19 Å². The number of hydrogen-bond acceptors (Lipinski definition) is 6. The Morgan fingerprint density at radius 1 is 1.80 bits per heavy atom. The molecule has 0 bridgehead atoms. The molecular formula is C4H5N3O3. The first-order valence-corrected chi connectivity index (χ1v) is 2.20. The molecule has 0 saturated carbocycles. The van der Waals surface area contributed by atoms with Gasteiger partial charge < -0.3 is 0 Å². The maximum atomic E-state index is 10.2. The molecule has 54 valence electrons. The van der Waals surface area contributed by atoms with Crippen molar-refractivity contribution in [2.75, 3.05) is 0 Å². The fourth-order valence-corrected chi connectivity index (χ4v) is 0.140. The van der Waals surface area contributed by atoms with Gasteiger partial charge in [0.15, 0.2) is 6.19 Å². The van der Waals surface area contributed by atoms with Gasteiger partial charge in [-0.3, -0.25) is 4.89 Å². The van der Waals surface area contributed by atoms with Crippen LogP contribution in [0.3, 0.4) is 0 Å². The van der Waals surface area contributed by atoms with Gasteiger partial charge >= 0.3 is 5.97 Å². The number of hydrogen-bond donors (Lipinski definition) is 2. The first-order valence-electron chi connectivity index (χ1n) is 2.20. The molecule has 0 saturated heterocycles. The van der Waals surface area contributed by atoms with Crippen LogP contribution in [0.4, 0.5) is 0 Å². The summed E-state index contributed by atoms with van der Waals surface area (Å²) in [6.45, 7) is 3.09. The van der Waals surface area contributed by atoms with Crippen LogP contribution in [0.1, 0.15) is 0 Å². The molecule has 0 aliphatic carbocycles. The van der Waals surface area contributed by atoms with E-state index in [-0.39, 0.29) is 0 Å². The zero-order chi connectivity index (χ0) is 7.82. The molecule has 0 heterocycles. The van der Waals surface area contributed by atoms with Crippen LogP contribution in [0.5, 0.6) is 0 Å². The number of hydrazine groups is 1. The molecule has 0 atom stereocenters. The maximum absolute atomic E-state index is 10.2. The quantitative estimate of drug-likeness (QED) is 0.133. The van der Waals surface area contributed by atoms with E-state index in [0.717, 1.165) is 6.08 Å². The lowest BCUT2D eigenvalue weighted by atomic mass is 10.7. The van der Waals surface area contributed by atoms with Gasteiger partial charge in [0.05, 0.1) is 0 Å². The van der Waals surface area contributed by atoms with E-state index in [1.54, 1.807) is 5.59 Å². The Morgan fingerprint density at radius 2 is 2.50 bits per heavy atom. The summed E-state index contributed by atoms with van der Waals surface area (Å²) in [7, 11) is 0. The van der Waals surface area contributed by atoms with Crippen molar-refractivity contribution in [2.45, 2.75) is 0 Å². The highest BCUT2D eigenvalue weighted by molar-refractivity contribution is 5.80. The lowest BCUT2D eigenvalue weighted by Gasteiger charge is -1.97. The van der Waals surface area contributed by atoms with E-state index >= 15 is 0 Å². The molecule has 0 aromatic carbocycles. The van der Waals surface area contributed by atoms with Crippen LogP contribution in [0.15, 0.2) is 12.7 Å². The molecule has 2 N–H and O–H groups in total. The minimum absolute atomic E-state index is 0.757. The van der Waals surface area contributed by atoms with Gasteiger partial charge in [-0.05, 0) is 0 Å². The molecule has 6 nitrogen and oxygen atoms in total. The highest BCUT2D eigenvalue weighted by atomic mass is 17.3. The lowest BCUT2D eigenvalue weighted by Crippen LogP contribution is -2.28. The Kier molecular flexibility index (Phi) is 4.68. The van der Waals surface area contributed by atoms with Crippen molar-refractivity contribution in [3.05, 3.63) is 12.7 Å². The van der Waals surface area contributed by atoms with Gasteiger partial charge in [-0.15, -0.1) is 0 Å². The van der Waals surface area contributed by atoms with Crippen LogP contribution in [0.2, 0.25) is 0 Å². The SMILES string of the molecule is C=CC(=O)OONNC#N. The largest absolute Gasteiger partial charge is 0.367 e. The topological polar surface area (TPSA) is 83.4 Å². The molecular weight excluding hydrogens is 138 g/mol. The second-order valence-electron chi connectivity index (χ2n) is 1.03. The summed E-state index contributed by atoms with van der Waals surface area (Å²) in [6.07, 6.45) is 2.37. The molecule has 0 aromatic rings. The zero-order valence-electron chi connectivity index (χ0n) is 4.96. The predicted molar refractivity (Wildman–Crippen MR) is 29.3 cm³/mol. The summed E-state index contributed by atoms with van der Waals surface area (Å²) in [5, 5.41) is 7.82. The van der Waals surface area contributed by atoms with Gasteiger partial charge in [0.2, 0.25) is 0 Å². The monoisotopic (exact) mass is 143 g/mol. The third-order valence-electron chi connectivity index (χ3n) is 0.439. The fourth-order valence-electron chi connectivity index (χ4n) is 0.140. The lowest BCUT2D eigenvalue weighted by molar-refractivity contribution is -0.310. The molecule has 0 spiro atoms. The van der Waals surface area contributed by atoms with Crippen molar-refractivity contribution < 1.29 is 14.7 Å². The van der Waals surface area contributed by atoms with Crippen LogP contribution in [-0.2, 0) is 14.7 Å². The normalized spacial score (nSPS) is 7.50. The second kappa shape index (κ2) is 5.55. The van der Waals surface area contributed by atoms with Gasteiger partial charge in [-0.1, -0.05) is 17.2 Å². The smallest absolute Gasteiger partial charge is 0.274 e. The molecule has 0 aromatic heterocycles. The Hall–Kier alpha value is -1.58. The average Bonchev–Trinajstić information content (AvgIpc) is 1.98.